The number of hydrogen-bond donors (Lipinski definition) is 1. The molecule has 1 amide bonds. The molecular formula is C20H27N3O5S. The van der Waals surface area contributed by atoms with Gasteiger partial charge in [0.1, 0.15) is 12.3 Å². The minimum atomic E-state index is -1.44. The smallest absolute Gasteiger partial charge is 0.407 e. The van der Waals surface area contributed by atoms with Crippen molar-refractivity contribution in [2.45, 2.75) is 50.5 Å². The largest absolute Gasteiger partial charge is 0.593 e. The third-order valence-corrected chi connectivity index (χ3v) is 6.07. The van der Waals surface area contributed by atoms with Crippen LogP contribution in [0, 0.1) is 0 Å². The Hall–Kier alpha value is -2.07. The molecule has 1 aliphatic rings. The number of carbonyl (C=O) groups is 1. The van der Waals surface area contributed by atoms with Gasteiger partial charge in [-0.15, -0.1) is 4.31 Å². The maximum atomic E-state index is 13.2. The number of pyridine rings is 1. The van der Waals surface area contributed by atoms with Gasteiger partial charge in [-0.3, -0.25) is 9.36 Å². The summed E-state index contributed by atoms with van der Waals surface area (Å²) in [6.45, 7) is 6.61. The van der Waals surface area contributed by atoms with Gasteiger partial charge in [-0.1, -0.05) is 6.07 Å². The van der Waals surface area contributed by atoms with Crippen LogP contribution >= 0.6 is 0 Å². The average Bonchev–Trinajstić information content (AvgIpc) is 3.10. The molecule has 2 aromatic rings. The van der Waals surface area contributed by atoms with Crippen molar-refractivity contribution in [3.8, 4) is 0 Å². The molecule has 2 unspecified atom stereocenters. The van der Waals surface area contributed by atoms with E-state index in [4.69, 9.17) is 9.47 Å². The van der Waals surface area contributed by atoms with E-state index < -0.39 is 23.1 Å². The van der Waals surface area contributed by atoms with Crippen molar-refractivity contribution < 1.29 is 18.8 Å². The number of hydrogen-bond acceptors (Lipinski definition) is 6. The van der Waals surface area contributed by atoms with E-state index in [0.29, 0.717) is 35.2 Å². The minimum absolute atomic E-state index is 0.136. The number of benzene rings is 1. The SMILES string of the molecule is COCn1ccc2c([S+]([O-])N3CCC(NC(=O)OC(C)(C)C)C3)cccc2c1=O. The highest BCUT2D eigenvalue weighted by atomic mass is 32.2. The Kier molecular flexibility index (Phi) is 6.52. The summed E-state index contributed by atoms with van der Waals surface area (Å²) in [4.78, 5) is 25.2. The minimum Gasteiger partial charge on any atom is -0.593 e. The molecule has 1 N–H and O–H groups in total. The molecule has 1 fully saturated rings. The topological polar surface area (TPSA) is 95.9 Å². The van der Waals surface area contributed by atoms with Crippen molar-refractivity contribution in [2.24, 2.45) is 0 Å². The monoisotopic (exact) mass is 421 g/mol. The lowest BCUT2D eigenvalue weighted by Crippen LogP contribution is -2.41. The Morgan fingerprint density at radius 3 is 2.76 bits per heavy atom. The zero-order valence-corrected chi connectivity index (χ0v) is 18.0. The van der Waals surface area contributed by atoms with Crippen LogP contribution in [-0.4, -0.2) is 51.4 Å². The maximum absolute atomic E-state index is 13.2. The molecule has 0 spiro atoms. The molecular weight excluding hydrogens is 394 g/mol. The fraction of sp³-hybridized carbons (Fsp3) is 0.500. The summed E-state index contributed by atoms with van der Waals surface area (Å²) in [5, 5.41) is 3.99. The van der Waals surface area contributed by atoms with Crippen molar-refractivity contribution >= 4 is 28.2 Å². The van der Waals surface area contributed by atoms with Crippen LogP contribution in [0.25, 0.3) is 10.8 Å². The fourth-order valence-corrected chi connectivity index (χ4v) is 4.72. The second-order valence-corrected chi connectivity index (χ2v) is 9.45. The van der Waals surface area contributed by atoms with Gasteiger partial charge in [0.2, 0.25) is 0 Å². The van der Waals surface area contributed by atoms with Crippen LogP contribution < -0.4 is 10.9 Å². The number of ether oxygens (including phenoxy) is 2. The number of methoxy groups -OCH3 is 1. The van der Waals surface area contributed by atoms with Gasteiger partial charge in [-0.05, 0) is 45.4 Å². The molecule has 0 saturated carbocycles. The van der Waals surface area contributed by atoms with Gasteiger partial charge in [0, 0.05) is 25.2 Å². The second-order valence-electron chi connectivity index (χ2n) is 7.99. The molecule has 1 aliphatic heterocycles. The first-order chi connectivity index (χ1) is 13.7. The second kappa shape index (κ2) is 8.74. The summed E-state index contributed by atoms with van der Waals surface area (Å²) in [7, 11) is 1.53. The van der Waals surface area contributed by atoms with Crippen LogP contribution in [0.3, 0.4) is 0 Å². The number of nitrogens with zero attached hydrogens (tertiary/aromatic N) is 2. The maximum Gasteiger partial charge on any atom is 0.407 e. The molecule has 2 heterocycles. The summed E-state index contributed by atoms with van der Waals surface area (Å²) in [6.07, 6.45) is 1.85. The summed E-state index contributed by atoms with van der Waals surface area (Å²) in [5.74, 6) is 0. The zero-order valence-electron chi connectivity index (χ0n) is 17.1. The van der Waals surface area contributed by atoms with Crippen molar-refractivity contribution in [3.05, 3.63) is 40.8 Å². The Bertz CT molecular complexity index is 940. The van der Waals surface area contributed by atoms with Crippen LogP contribution in [0.15, 0.2) is 40.2 Å². The first-order valence-electron chi connectivity index (χ1n) is 9.47. The van der Waals surface area contributed by atoms with Crippen LogP contribution in [-0.2, 0) is 27.6 Å². The van der Waals surface area contributed by atoms with Crippen molar-refractivity contribution in [3.63, 3.8) is 0 Å². The van der Waals surface area contributed by atoms with E-state index >= 15 is 0 Å². The van der Waals surface area contributed by atoms with E-state index in [0.717, 1.165) is 0 Å². The number of aromatic nitrogens is 1. The van der Waals surface area contributed by atoms with Crippen molar-refractivity contribution in [1.82, 2.24) is 14.2 Å². The van der Waals surface area contributed by atoms with Gasteiger partial charge in [0.05, 0.1) is 29.3 Å². The lowest BCUT2D eigenvalue weighted by Gasteiger charge is -2.22. The van der Waals surface area contributed by atoms with E-state index in [1.807, 2.05) is 20.8 Å². The summed E-state index contributed by atoms with van der Waals surface area (Å²) in [5.41, 5.74) is -0.752. The summed E-state index contributed by atoms with van der Waals surface area (Å²) < 4.78 is 26.8. The third kappa shape index (κ3) is 5.11. The molecule has 1 aromatic carbocycles. The first-order valence-corrected chi connectivity index (χ1v) is 10.6. The van der Waals surface area contributed by atoms with Gasteiger partial charge in [-0.25, -0.2) is 4.79 Å². The quantitative estimate of drug-likeness (QED) is 0.744. The van der Waals surface area contributed by atoms with Crippen LogP contribution in [0.2, 0.25) is 0 Å². The molecule has 2 atom stereocenters. The Labute approximate surface area is 173 Å². The standard InChI is InChI=1S/C20H27N3O5S/c1-20(2,3)28-19(25)21-14-8-11-23(12-14)29(26)17-7-5-6-16-15(17)9-10-22(13-27-4)18(16)24/h5-7,9-10,14H,8,11-13H2,1-4H3,(H,21,25). The van der Waals surface area contributed by atoms with Gasteiger partial charge in [-0.2, -0.15) is 0 Å². The van der Waals surface area contributed by atoms with Gasteiger partial charge < -0.3 is 19.3 Å². The van der Waals surface area contributed by atoms with E-state index in [1.54, 1.807) is 34.8 Å². The van der Waals surface area contributed by atoms with Crippen molar-refractivity contribution in [1.29, 1.82) is 0 Å². The predicted molar refractivity (Wildman–Crippen MR) is 111 cm³/mol. The van der Waals surface area contributed by atoms with Crippen LogP contribution in [0.1, 0.15) is 27.2 Å². The van der Waals surface area contributed by atoms with Crippen LogP contribution in [0.5, 0.6) is 0 Å². The summed E-state index contributed by atoms with van der Waals surface area (Å²) >= 11 is -1.44. The first kappa shape index (κ1) is 21.6. The highest BCUT2D eigenvalue weighted by molar-refractivity contribution is 7.89. The molecule has 8 nitrogen and oxygen atoms in total. The Balaban J connectivity index is 1.75. The Morgan fingerprint density at radius 1 is 1.31 bits per heavy atom. The number of fused-ring (bicyclic) bond motifs is 1. The average molecular weight is 422 g/mol. The molecule has 1 aromatic heterocycles. The van der Waals surface area contributed by atoms with Crippen molar-refractivity contribution in [2.75, 3.05) is 20.2 Å². The molecule has 29 heavy (non-hydrogen) atoms. The fourth-order valence-electron chi connectivity index (χ4n) is 3.29. The number of amides is 1. The number of rotatable bonds is 5. The summed E-state index contributed by atoms with van der Waals surface area (Å²) in [6, 6.07) is 6.88. The molecule has 0 radical (unpaired) electrons. The van der Waals surface area contributed by atoms with E-state index in [2.05, 4.69) is 5.32 Å². The molecule has 158 valence electrons. The molecule has 1 saturated heterocycles. The molecule has 3 rings (SSSR count). The lowest BCUT2D eigenvalue weighted by molar-refractivity contribution is 0.0507. The van der Waals surface area contributed by atoms with E-state index in [9.17, 15) is 14.1 Å². The Morgan fingerprint density at radius 2 is 2.07 bits per heavy atom. The third-order valence-electron chi connectivity index (χ3n) is 4.54. The molecule has 9 heteroatoms. The van der Waals surface area contributed by atoms with Gasteiger partial charge in [0.25, 0.3) is 5.56 Å². The van der Waals surface area contributed by atoms with Crippen LogP contribution in [0.4, 0.5) is 4.79 Å². The number of carbonyl (C=O) groups excluding carboxylic acids is 1. The van der Waals surface area contributed by atoms with E-state index in [-0.39, 0.29) is 18.3 Å². The van der Waals surface area contributed by atoms with Gasteiger partial charge in [0.15, 0.2) is 4.90 Å². The number of alkyl carbamates (subject to hydrolysis) is 1. The predicted octanol–water partition coefficient (Wildman–Crippen LogP) is 2.23. The molecule has 0 bridgehead atoms. The number of nitrogens with one attached hydrogen (secondary N) is 1. The zero-order chi connectivity index (χ0) is 21.2. The highest BCUT2D eigenvalue weighted by Crippen LogP contribution is 2.27. The molecule has 0 aliphatic carbocycles. The van der Waals surface area contributed by atoms with E-state index in [1.165, 1.54) is 11.7 Å². The normalized spacial score (nSPS) is 18.7. The van der Waals surface area contributed by atoms with Gasteiger partial charge >= 0.3 is 6.09 Å². The lowest BCUT2D eigenvalue weighted by atomic mass is 10.2. The highest BCUT2D eigenvalue weighted by Gasteiger charge is 2.34.